The average Bonchev–Trinajstić information content (AvgIpc) is 2.51. The first kappa shape index (κ1) is 8.96. The van der Waals surface area contributed by atoms with Crippen LogP contribution in [0.4, 0.5) is 0 Å². The largest absolute Gasteiger partial charge is 0.451 e. The van der Waals surface area contributed by atoms with Crippen LogP contribution in [-0.4, -0.2) is 27.4 Å². The highest BCUT2D eigenvalue weighted by atomic mass is 16.3. The predicted octanol–water partition coefficient (Wildman–Crippen LogP) is 0.429. The SMILES string of the molecule is C[C@H](O)[C@@H](O)C=Cc1cocn1. The van der Waals surface area contributed by atoms with Crippen molar-refractivity contribution >= 4 is 6.08 Å². The lowest BCUT2D eigenvalue weighted by atomic mass is 10.2. The second-order valence-electron chi connectivity index (χ2n) is 2.50. The van der Waals surface area contributed by atoms with Crippen LogP contribution >= 0.6 is 0 Å². The number of aliphatic hydroxyl groups is 2. The molecule has 12 heavy (non-hydrogen) atoms. The molecule has 1 aromatic heterocycles. The minimum absolute atomic E-state index is 0.620. The molecule has 1 aromatic rings. The van der Waals surface area contributed by atoms with E-state index in [1.165, 1.54) is 25.7 Å². The fourth-order valence-electron chi connectivity index (χ4n) is 0.662. The standard InChI is InChI=1S/C8H11NO3/c1-6(10)8(11)3-2-7-4-12-5-9-7/h2-6,8,10-11H,1H3/t6-,8-/m0/s1. The highest BCUT2D eigenvalue weighted by Crippen LogP contribution is 2.01. The molecule has 4 nitrogen and oxygen atoms in total. The molecule has 4 heteroatoms. The van der Waals surface area contributed by atoms with E-state index < -0.39 is 12.2 Å². The summed E-state index contributed by atoms with van der Waals surface area (Å²) in [5, 5.41) is 18.0. The molecule has 2 N–H and O–H groups in total. The number of nitrogens with zero attached hydrogens (tertiary/aromatic N) is 1. The van der Waals surface area contributed by atoms with Crippen molar-refractivity contribution in [2.24, 2.45) is 0 Å². The highest BCUT2D eigenvalue weighted by Gasteiger charge is 2.05. The van der Waals surface area contributed by atoms with E-state index in [-0.39, 0.29) is 0 Å². The molecule has 0 aromatic carbocycles. The van der Waals surface area contributed by atoms with Gasteiger partial charge < -0.3 is 14.6 Å². The van der Waals surface area contributed by atoms with Crippen LogP contribution in [0.2, 0.25) is 0 Å². The van der Waals surface area contributed by atoms with Crippen LogP contribution in [0, 0.1) is 0 Å². The Morgan fingerprint density at radius 3 is 2.83 bits per heavy atom. The van der Waals surface area contributed by atoms with Crippen LogP contribution in [-0.2, 0) is 0 Å². The summed E-state index contributed by atoms with van der Waals surface area (Å²) < 4.78 is 4.70. The lowest BCUT2D eigenvalue weighted by molar-refractivity contribution is 0.0624. The van der Waals surface area contributed by atoms with E-state index in [0.29, 0.717) is 5.69 Å². The Morgan fingerprint density at radius 1 is 1.58 bits per heavy atom. The molecular weight excluding hydrogens is 158 g/mol. The van der Waals surface area contributed by atoms with Gasteiger partial charge in [-0.3, -0.25) is 0 Å². The predicted molar refractivity (Wildman–Crippen MR) is 43.2 cm³/mol. The molecule has 2 atom stereocenters. The molecule has 0 spiro atoms. The number of aromatic nitrogens is 1. The normalized spacial score (nSPS) is 16.6. The average molecular weight is 169 g/mol. The molecule has 0 saturated heterocycles. The third-order valence-corrected chi connectivity index (χ3v) is 1.41. The maximum absolute atomic E-state index is 9.13. The van der Waals surface area contributed by atoms with E-state index in [2.05, 4.69) is 4.98 Å². The van der Waals surface area contributed by atoms with Crippen molar-refractivity contribution in [3.05, 3.63) is 24.4 Å². The quantitative estimate of drug-likeness (QED) is 0.688. The summed E-state index contributed by atoms with van der Waals surface area (Å²) in [7, 11) is 0. The molecular formula is C8H11NO3. The zero-order valence-electron chi connectivity index (χ0n) is 6.71. The first-order chi connectivity index (χ1) is 5.70. The summed E-state index contributed by atoms with van der Waals surface area (Å²) in [5.74, 6) is 0. The van der Waals surface area contributed by atoms with Crippen LogP contribution in [0.25, 0.3) is 6.08 Å². The molecule has 0 unspecified atom stereocenters. The Morgan fingerprint density at radius 2 is 2.33 bits per heavy atom. The van der Waals surface area contributed by atoms with Gasteiger partial charge in [0, 0.05) is 0 Å². The molecule has 1 heterocycles. The lowest BCUT2D eigenvalue weighted by Gasteiger charge is -2.06. The first-order valence-corrected chi connectivity index (χ1v) is 3.62. The van der Waals surface area contributed by atoms with E-state index in [9.17, 15) is 0 Å². The van der Waals surface area contributed by atoms with Crippen LogP contribution in [0.5, 0.6) is 0 Å². The molecule has 0 aliphatic rings. The molecule has 0 aliphatic carbocycles. The molecule has 0 amide bonds. The smallest absolute Gasteiger partial charge is 0.181 e. The summed E-state index contributed by atoms with van der Waals surface area (Å²) in [6.07, 6.45) is 4.16. The third kappa shape index (κ3) is 2.48. The van der Waals surface area contributed by atoms with E-state index in [4.69, 9.17) is 14.6 Å². The van der Waals surface area contributed by atoms with Crippen molar-refractivity contribution in [1.82, 2.24) is 4.98 Å². The van der Waals surface area contributed by atoms with Gasteiger partial charge in [-0.15, -0.1) is 0 Å². The maximum atomic E-state index is 9.13. The molecule has 0 saturated carbocycles. The van der Waals surface area contributed by atoms with E-state index >= 15 is 0 Å². The Balaban J connectivity index is 2.51. The summed E-state index contributed by atoms with van der Waals surface area (Å²) in [6.45, 7) is 1.51. The second-order valence-corrected chi connectivity index (χ2v) is 2.50. The Bertz CT molecular complexity index is 241. The minimum Gasteiger partial charge on any atom is -0.451 e. The topological polar surface area (TPSA) is 66.5 Å². The van der Waals surface area contributed by atoms with Crippen molar-refractivity contribution < 1.29 is 14.6 Å². The summed E-state index contributed by atoms with van der Waals surface area (Å²) in [4.78, 5) is 3.80. The molecule has 0 fully saturated rings. The number of rotatable bonds is 3. The lowest BCUT2D eigenvalue weighted by Crippen LogP contribution is -2.19. The molecule has 66 valence electrons. The van der Waals surface area contributed by atoms with Crippen LogP contribution in [0.3, 0.4) is 0 Å². The Kier molecular flexibility index (Phi) is 3.01. The number of hydrogen-bond acceptors (Lipinski definition) is 4. The van der Waals surface area contributed by atoms with Crippen LogP contribution in [0.15, 0.2) is 23.1 Å². The zero-order chi connectivity index (χ0) is 8.97. The van der Waals surface area contributed by atoms with Crippen molar-refractivity contribution in [3.8, 4) is 0 Å². The van der Waals surface area contributed by atoms with Crippen molar-refractivity contribution in [1.29, 1.82) is 0 Å². The van der Waals surface area contributed by atoms with Crippen molar-refractivity contribution in [3.63, 3.8) is 0 Å². The number of aliphatic hydroxyl groups excluding tert-OH is 2. The zero-order valence-corrected chi connectivity index (χ0v) is 6.71. The third-order valence-electron chi connectivity index (χ3n) is 1.41. The molecule has 0 bridgehead atoms. The van der Waals surface area contributed by atoms with Gasteiger partial charge in [0.1, 0.15) is 12.0 Å². The monoisotopic (exact) mass is 169 g/mol. The fourth-order valence-corrected chi connectivity index (χ4v) is 0.662. The number of hydrogen-bond donors (Lipinski definition) is 2. The molecule has 1 rings (SSSR count). The van der Waals surface area contributed by atoms with Crippen LogP contribution < -0.4 is 0 Å². The maximum Gasteiger partial charge on any atom is 0.181 e. The Hall–Kier alpha value is -1.13. The van der Waals surface area contributed by atoms with Crippen molar-refractivity contribution in [2.45, 2.75) is 19.1 Å². The van der Waals surface area contributed by atoms with Gasteiger partial charge in [0.25, 0.3) is 0 Å². The summed E-state index contributed by atoms with van der Waals surface area (Å²) in [6, 6.07) is 0. The van der Waals surface area contributed by atoms with Gasteiger partial charge in [0.15, 0.2) is 6.39 Å². The molecule has 0 radical (unpaired) electrons. The van der Waals surface area contributed by atoms with Crippen LogP contribution in [0.1, 0.15) is 12.6 Å². The Labute approximate surface area is 70.2 Å². The summed E-state index contributed by atoms with van der Waals surface area (Å²) >= 11 is 0. The van der Waals surface area contributed by atoms with Gasteiger partial charge in [-0.05, 0) is 13.0 Å². The second kappa shape index (κ2) is 4.04. The van der Waals surface area contributed by atoms with Gasteiger partial charge in [0.05, 0.1) is 12.2 Å². The summed E-state index contributed by atoms with van der Waals surface area (Å²) in [5.41, 5.74) is 0.620. The first-order valence-electron chi connectivity index (χ1n) is 3.62. The van der Waals surface area contributed by atoms with Gasteiger partial charge in [-0.25, -0.2) is 4.98 Å². The van der Waals surface area contributed by atoms with Gasteiger partial charge >= 0.3 is 0 Å². The van der Waals surface area contributed by atoms with Gasteiger partial charge in [-0.2, -0.15) is 0 Å². The fraction of sp³-hybridized carbons (Fsp3) is 0.375. The highest BCUT2D eigenvalue weighted by molar-refractivity contribution is 5.42. The van der Waals surface area contributed by atoms with E-state index in [1.54, 1.807) is 6.08 Å². The molecule has 0 aliphatic heterocycles. The van der Waals surface area contributed by atoms with E-state index in [0.717, 1.165) is 0 Å². The van der Waals surface area contributed by atoms with Crippen molar-refractivity contribution in [2.75, 3.05) is 0 Å². The number of oxazole rings is 1. The minimum atomic E-state index is -0.860. The van der Waals surface area contributed by atoms with Gasteiger partial charge in [-0.1, -0.05) is 6.08 Å². The van der Waals surface area contributed by atoms with E-state index in [1.807, 2.05) is 0 Å². The van der Waals surface area contributed by atoms with Gasteiger partial charge in [0.2, 0.25) is 0 Å².